The van der Waals surface area contributed by atoms with Gasteiger partial charge in [0.05, 0.1) is 13.2 Å². The fraction of sp³-hybridized carbons (Fsp3) is 0.889. The van der Waals surface area contributed by atoms with E-state index in [4.69, 9.17) is 9.47 Å². The van der Waals surface area contributed by atoms with E-state index in [9.17, 15) is 4.79 Å². The fourth-order valence-corrected chi connectivity index (χ4v) is 1.21. The first-order valence-corrected chi connectivity index (χ1v) is 4.57. The van der Waals surface area contributed by atoms with Crippen LogP contribution in [0.5, 0.6) is 0 Å². The first kappa shape index (κ1) is 9.68. The highest BCUT2D eigenvalue weighted by atomic mass is 16.7. The van der Waals surface area contributed by atoms with Crippen LogP contribution in [0.1, 0.15) is 32.1 Å². The van der Waals surface area contributed by atoms with Crippen LogP contribution in [0.4, 0.5) is 0 Å². The van der Waals surface area contributed by atoms with Gasteiger partial charge in [0, 0.05) is 12.8 Å². The number of ether oxygens (including phenoxy) is 2. The lowest BCUT2D eigenvalue weighted by Gasteiger charge is -2.09. The van der Waals surface area contributed by atoms with Gasteiger partial charge in [-0.1, -0.05) is 0 Å². The second-order valence-corrected chi connectivity index (χ2v) is 3.03. The number of carbonyl (C=O) groups excluding carboxylic acids is 1. The third kappa shape index (κ3) is 4.46. The van der Waals surface area contributed by atoms with Gasteiger partial charge in [0.25, 0.3) is 0 Å². The second kappa shape index (κ2) is 6.14. The molecule has 0 N–H and O–H groups in total. The Kier molecular flexibility index (Phi) is 4.95. The number of hydrogen-bond acceptors (Lipinski definition) is 3. The average Bonchev–Trinajstić information content (AvgIpc) is 2.60. The minimum Gasteiger partial charge on any atom is -0.355 e. The quantitative estimate of drug-likeness (QED) is 0.555. The standard InChI is InChI=1S/C5H8O.C4H8O2/c6-5-3-1-2-4-5;1-2-5-4-6-3-1/h2*1-4H2. The highest BCUT2D eigenvalue weighted by Gasteiger charge is 2.07. The Hall–Kier alpha value is -0.410. The van der Waals surface area contributed by atoms with E-state index in [1.54, 1.807) is 0 Å². The molecule has 0 spiro atoms. The van der Waals surface area contributed by atoms with Crippen LogP contribution in [0.15, 0.2) is 0 Å². The van der Waals surface area contributed by atoms with Crippen LogP contribution < -0.4 is 0 Å². The third-order valence-corrected chi connectivity index (χ3v) is 1.91. The zero-order chi connectivity index (χ0) is 8.65. The molecule has 1 heterocycles. The van der Waals surface area contributed by atoms with Gasteiger partial charge < -0.3 is 9.47 Å². The Morgan fingerprint density at radius 1 is 0.917 bits per heavy atom. The molecule has 0 aromatic carbocycles. The molecular formula is C9H16O3. The van der Waals surface area contributed by atoms with Crippen molar-refractivity contribution in [3.63, 3.8) is 0 Å². The number of rotatable bonds is 0. The molecule has 1 aliphatic carbocycles. The molecule has 0 amide bonds. The van der Waals surface area contributed by atoms with Crippen LogP contribution in [0.25, 0.3) is 0 Å². The first-order valence-electron chi connectivity index (χ1n) is 4.57. The predicted octanol–water partition coefficient (Wildman–Crippen LogP) is 1.51. The smallest absolute Gasteiger partial charge is 0.146 e. The molecule has 0 unspecified atom stereocenters. The zero-order valence-corrected chi connectivity index (χ0v) is 7.38. The van der Waals surface area contributed by atoms with E-state index < -0.39 is 0 Å². The van der Waals surface area contributed by atoms with Crippen LogP contribution >= 0.6 is 0 Å². The summed E-state index contributed by atoms with van der Waals surface area (Å²) in [4.78, 5) is 10.2. The molecule has 70 valence electrons. The summed E-state index contributed by atoms with van der Waals surface area (Å²) in [5.74, 6) is 0.454. The van der Waals surface area contributed by atoms with Crippen LogP contribution in [-0.4, -0.2) is 25.8 Å². The fourth-order valence-electron chi connectivity index (χ4n) is 1.21. The van der Waals surface area contributed by atoms with Crippen LogP contribution in [-0.2, 0) is 14.3 Å². The van der Waals surface area contributed by atoms with Crippen molar-refractivity contribution in [2.45, 2.75) is 32.1 Å². The summed E-state index contributed by atoms with van der Waals surface area (Å²) in [6.45, 7) is 2.25. The molecule has 2 fully saturated rings. The molecule has 1 aliphatic heterocycles. The Bertz CT molecular complexity index is 110. The molecule has 0 bridgehead atoms. The minimum atomic E-state index is 0.454. The molecule has 3 heteroatoms. The molecule has 3 nitrogen and oxygen atoms in total. The normalized spacial score (nSPS) is 23.2. The summed E-state index contributed by atoms with van der Waals surface area (Å²) in [6.07, 6.45) is 5.03. The van der Waals surface area contributed by atoms with Gasteiger partial charge in [-0.2, -0.15) is 0 Å². The van der Waals surface area contributed by atoms with E-state index in [-0.39, 0.29) is 0 Å². The van der Waals surface area contributed by atoms with Gasteiger partial charge in [-0.05, 0) is 19.3 Å². The summed E-state index contributed by atoms with van der Waals surface area (Å²) in [5, 5.41) is 0. The maximum absolute atomic E-state index is 10.2. The maximum atomic E-state index is 10.2. The van der Waals surface area contributed by atoms with E-state index in [1.807, 2.05) is 0 Å². The number of ketones is 1. The van der Waals surface area contributed by atoms with E-state index >= 15 is 0 Å². The van der Waals surface area contributed by atoms with Crippen molar-refractivity contribution in [1.82, 2.24) is 0 Å². The summed E-state index contributed by atoms with van der Waals surface area (Å²) in [5.41, 5.74) is 0. The lowest BCUT2D eigenvalue weighted by Crippen LogP contribution is -2.11. The van der Waals surface area contributed by atoms with E-state index in [0.29, 0.717) is 12.6 Å². The summed E-state index contributed by atoms with van der Waals surface area (Å²) in [7, 11) is 0. The van der Waals surface area contributed by atoms with Crippen molar-refractivity contribution in [2.75, 3.05) is 20.0 Å². The van der Waals surface area contributed by atoms with Gasteiger partial charge in [0.2, 0.25) is 0 Å². The molecule has 0 aromatic rings. The van der Waals surface area contributed by atoms with Gasteiger partial charge in [-0.15, -0.1) is 0 Å². The van der Waals surface area contributed by atoms with Crippen molar-refractivity contribution >= 4 is 5.78 Å². The SMILES string of the molecule is C1COCOC1.O=C1CCCC1. The predicted molar refractivity (Wildman–Crippen MR) is 44.9 cm³/mol. The highest BCUT2D eigenvalue weighted by Crippen LogP contribution is 2.11. The molecule has 2 aliphatic rings. The lowest BCUT2D eigenvalue weighted by atomic mass is 10.4. The van der Waals surface area contributed by atoms with E-state index in [1.165, 1.54) is 0 Å². The molecule has 0 atom stereocenters. The monoisotopic (exact) mass is 172 g/mol. The van der Waals surface area contributed by atoms with Crippen molar-refractivity contribution < 1.29 is 14.3 Å². The van der Waals surface area contributed by atoms with Gasteiger partial charge >= 0.3 is 0 Å². The number of carbonyl (C=O) groups is 1. The highest BCUT2D eigenvalue weighted by molar-refractivity contribution is 5.79. The van der Waals surface area contributed by atoms with Crippen molar-refractivity contribution in [1.29, 1.82) is 0 Å². The molecule has 1 saturated heterocycles. The Morgan fingerprint density at radius 3 is 1.67 bits per heavy atom. The molecule has 0 aromatic heterocycles. The van der Waals surface area contributed by atoms with Crippen LogP contribution in [0.3, 0.4) is 0 Å². The van der Waals surface area contributed by atoms with Gasteiger partial charge in [0.15, 0.2) is 0 Å². The van der Waals surface area contributed by atoms with Crippen molar-refractivity contribution in [3.8, 4) is 0 Å². The van der Waals surface area contributed by atoms with Crippen molar-refractivity contribution in [3.05, 3.63) is 0 Å². The lowest BCUT2D eigenvalue weighted by molar-refractivity contribution is -0.117. The molecule has 2 rings (SSSR count). The van der Waals surface area contributed by atoms with E-state index in [2.05, 4.69) is 0 Å². The first-order chi connectivity index (χ1) is 5.89. The molecule has 1 saturated carbocycles. The number of Topliss-reactive ketones (excluding diaryl/α,β-unsaturated/α-hetero) is 1. The zero-order valence-electron chi connectivity index (χ0n) is 7.38. The van der Waals surface area contributed by atoms with Gasteiger partial charge in [-0.25, -0.2) is 0 Å². The van der Waals surface area contributed by atoms with Gasteiger partial charge in [0.1, 0.15) is 12.6 Å². The van der Waals surface area contributed by atoms with E-state index in [0.717, 1.165) is 45.3 Å². The summed E-state index contributed by atoms with van der Waals surface area (Å²) < 4.78 is 9.69. The molecule has 12 heavy (non-hydrogen) atoms. The summed E-state index contributed by atoms with van der Waals surface area (Å²) in [6, 6.07) is 0. The second-order valence-electron chi connectivity index (χ2n) is 3.03. The summed E-state index contributed by atoms with van der Waals surface area (Å²) >= 11 is 0. The Morgan fingerprint density at radius 2 is 1.50 bits per heavy atom. The topological polar surface area (TPSA) is 35.5 Å². The van der Waals surface area contributed by atoms with Crippen LogP contribution in [0, 0.1) is 0 Å². The largest absolute Gasteiger partial charge is 0.355 e. The Balaban J connectivity index is 0.000000120. The number of hydrogen-bond donors (Lipinski definition) is 0. The minimum absolute atomic E-state index is 0.454. The van der Waals surface area contributed by atoms with Crippen molar-refractivity contribution in [2.24, 2.45) is 0 Å². The Labute approximate surface area is 73.0 Å². The molecular weight excluding hydrogens is 156 g/mol. The van der Waals surface area contributed by atoms with Gasteiger partial charge in [-0.3, -0.25) is 4.79 Å². The average molecular weight is 172 g/mol. The third-order valence-electron chi connectivity index (χ3n) is 1.91. The maximum Gasteiger partial charge on any atom is 0.146 e. The van der Waals surface area contributed by atoms with Crippen LogP contribution in [0.2, 0.25) is 0 Å². The molecule has 0 radical (unpaired) electrons.